The average molecular weight is 251 g/mol. The zero-order valence-electron chi connectivity index (χ0n) is 10.5. The third kappa shape index (κ3) is 2.23. The minimum atomic E-state index is -0.886. The lowest BCUT2D eigenvalue weighted by Gasteiger charge is -2.14. The number of rotatable bonds is 3. The van der Waals surface area contributed by atoms with E-state index in [-0.39, 0.29) is 5.91 Å². The van der Waals surface area contributed by atoms with Crippen LogP contribution in [0.4, 0.5) is 5.82 Å². The quantitative estimate of drug-likeness (QED) is 0.758. The zero-order chi connectivity index (χ0) is 13.3. The lowest BCUT2D eigenvalue weighted by Crippen LogP contribution is -2.30. The fourth-order valence-corrected chi connectivity index (χ4v) is 2.39. The van der Waals surface area contributed by atoms with Gasteiger partial charge in [0.05, 0.1) is 11.8 Å². The SMILES string of the molecule is Cc1[nH]nc(NC(=O)[C@@H]2CCC[C@@H]2C(=O)O)c1C. The Labute approximate surface area is 105 Å². The summed E-state index contributed by atoms with van der Waals surface area (Å²) in [5, 5.41) is 18.5. The Morgan fingerprint density at radius 1 is 1.33 bits per heavy atom. The summed E-state index contributed by atoms with van der Waals surface area (Å²) in [5.74, 6) is -1.64. The Morgan fingerprint density at radius 2 is 2.00 bits per heavy atom. The lowest BCUT2D eigenvalue weighted by molar-refractivity contribution is -0.145. The molecule has 3 N–H and O–H groups in total. The van der Waals surface area contributed by atoms with Crippen LogP contribution in [-0.4, -0.2) is 27.2 Å². The summed E-state index contributed by atoms with van der Waals surface area (Å²) in [4.78, 5) is 23.1. The van der Waals surface area contributed by atoms with Gasteiger partial charge in [-0.15, -0.1) is 0 Å². The smallest absolute Gasteiger partial charge is 0.307 e. The van der Waals surface area contributed by atoms with Gasteiger partial charge in [0.15, 0.2) is 5.82 Å². The molecule has 0 bridgehead atoms. The molecular formula is C12H17N3O3. The first-order chi connectivity index (χ1) is 8.50. The van der Waals surface area contributed by atoms with Crippen LogP contribution in [0.2, 0.25) is 0 Å². The normalized spacial score (nSPS) is 23.0. The van der Waals surface area contributed by atoms with E-state index in [1.54, 1.807) is 0 Å². The number of nitrogens with one attached hydrogen (secondary N) is 2. The van der Waals surface area contributed by atoms with Crippen LogP contribution >= 0.6 is 0 Å². The number of hydrogen-bond donors (Lipinski definition) is 3. The van der Waals surface area contributed by atoms with Gasteiger partial charge in [0, 0.05) is 11.3 Å². The molecule has 0 radical (unpaired) electrons. The summed E-state index contributed by atoms with van der Waals surface area (Å²) in [6, 6.07) is 0. The topological polar surface area (TPSA) is 95.1 Å². The molecule has 6 heteroatoms. The molecule has 18 heavy (non-hydrogen) atoms. The molecule has 1 aromatic heterocycles. The van der Waals surface area contributed by atoms with Crippen molar-refractivity contribution in [2.45, 2.75) is 33.1 Å². The van der Waals surface area contributed by atoms with E-state index in [0.717, 1.165) is 17.7 Å². The number of carbonyl (C=O) groups is 2. The maximum Gasteiger partial charge on any atom is 0.307 e. The standard InChI is InChI=1S/C12H17N3O3/c1-6-7(2)14-15-10(6)13-11(16)8-4-3-5-9(8)12(17)18/h8-9H,3-5H2,1-2H3,(H,17,18)(H2,13,14,15,16)/t8-,9+/m1/s1. The Balaban J connectivity index is 2.08. The minimum absolute atomic E-state index is 0.241. The first-order valence-corrected chi connectivity index (χ1v) is 6.06. The third-order valence-corrected chi connectivity index (χ3v) is 3.66. The number of H-pyrrole nitrogens is 1. The molecule has 0 unspecified atom stereocenters. The molecule has 1 aliphatic carbocycles. The molecule has 1 aliphatic rings. The van der Waals surface area contributed by atoms with E-state index in [1.807, 2.05) is 13.8 Å². The van der Waals surface area contributed by atoms with E-state index in [1.165, 1.54) is 0 Å². The van der Waals surface area contributed by atoms with Crippen LogP contribution < -0.4 is 5.32 Å². The Morgan fingerprint density at radius 3 is 2.56 bits per heavy atom. The highest BCUT2D eigenvalue weighted by atomic mass is 16.4. The number of aromatic amines is 1. The monoisotopic (exact) mass is 251 g/mol. The van der Waals surface area contributed by atoms with Gasteiger partial charge < -0.3 is 10.4 Å². The zero-order valence-corrected chi connectivity index (χ0v) is 10.5. The second-order valence-corrected chi connectivity index (χ2v) is 4.79. The van der Waals surface area contributed by atoms with Crippen LogP contribution in [0.1, 0.15) is 30.5 Å². The fourth-order valence-electron chi connectivity index (χ4n) is 2.39. The van der Waals surface area contributed by atoms with Crippen molar-refractivity contribution in [3.8, 4) is 0 Å². The van der Waals surface area contributed by atoms with Crippen LogP contribution in [0.25, 0.3) is 0 Å². The number of aromatic nitrogens is 2. The molecular weight excluding hydrogens is 234 g/mol. The highest BCUT2D eigenvalue weighted by Crippen LogP contribution is 2.33. The summed E-state index contributed by atoms with van der Waals surface area (Å²) in [6.07, 6.45) is 1.99. The Bertz CT molecular complexity index is 481. The van der Waals surface area contributed by atoms with Crippen molar-refractivity contribution in [3.05, 3.63) is 11.3 Å². The number of aliphatic carboxylic acids is 1. The Kier molecular flexibility index (Phi) is 3.36. The van der Waals surface area contributed by atoms with Crippen LogP contribution in [0.15, 0.2) is 0 Å². The van der Waals surface area contributed by atoms with Crippen LogP contribution in [0.3, 0.4) is 0 Å². The molecule has 0 aromatic carbocycles. The van der Waals surface area contributed by atoms with Gasteiger partial charge in [-0.1, -0.05) is 6.42 Å². The molecule has 0 aliphatic heterocycles. The lowest BCUT2D eigenvalue weighted by atomic mass is 9.95. The van der Waals surface area contributed by atoms with Gasteiger partial charge in [0.1, 0.15) is 0 Å². The second-order valence-electron chi connectivity index (χ2n) is 4.79. The average Bonchev–Trinajstić information content (AvgIpc) is 2.91. The number of carbonyl (C=O) groups excluding carboxylic acids is 1. The van der Waals surface area contributed by atoms with Crippen molar-refractivity contribution in [2.24, 2.45) is 11.8 Å². The highest BCUT2D eigenvalue weighted by molar-refractivity contribution is 5.95. The van der Waals surface area contributed by atoms with Crippen molar-refractivity contribution in [1.29, 1.82) is 0 Å². The van der Waals surface area contributed by atoms with Crippen LogP contribution in [0, 0.1) is 25.7 Å². The number of carboxylic acids is 1. The maximum atomic E-state index is 12.1. The molecule has 1 amide bonds. The molecule has 0 saturated heterocycles. The largest absolute Gasteiger partial charge is 0.481 e. The van der Waals surface area contributed by atoms with Gasteiger partial charge in [-0.05, 0) is 26.7 Å². The first kappa shape index (κ1) is 12.6. The van der Waals surface area contributed by atoms with Crippen molar-refractivity contribution in [2.75, 3.05) is 5.32 Å². The molecule has 1 heterocycles. The van der Waals surface area contributed by atoms with Crippen molar-refractivity contribution in [3.63, 3.8) is 0 Å². The molecule has 2 atom stereocenters. The van der Waals surface area contributed by atoms with Crippen LogP contribution in [0.5, 0.6) is 0 Å². The van der Waals surface area contributed by atoms with E-state index in [0.29, 0.717) is 18.7 Å². The van der Waals surface area contributed by atoms with Gasteiger partial charge in [0.25, 0.3) is 0 Å². The summed E-state index contributed by atoms with van der Waals surface area (Å²) in [5.41, 5.74) is 1.78. The first-order valence-electron chi connectivity index (χ1n) is 6.06. The van der Waals surface area contributed by atoms with E-state index in [2.05, 4.69) is 15.5 Å². The molecule has 1 fully saturated rings. The fraction of sp³-hybridized carbons (Fsp3) is 0.583. The summed E-state index contributed by atoms with van der Waals surface area (Å²) >= 11 is 0. The molecule has 1 aromatic rings. The summed E-state index contributed by atoms with van der Waals surface area (Å²) in [6.45, 7) is 3.73. The Hall–Kier alpha value is -1.85. The van der Waals surface area contributed by atoms with Crippen molar-refractivity contribution < 1.29 is 14.7 Å². The molecule has 1 saturated carbocycles. The van der Waals surface area contributed by atoms with Gasteiger partial charge in [0.2, 0.25) is 5.91 Å². The number of hydrogen-bond acceptors (Lipinski definition) is 3. The van der Waals surface area contributed by atoms with Gasteiger partial charge in [-0.3, -0.25) is 14.7 Å². The van der Waals surface area contributed by atoms with Crippen molar-refractivity contribution >= 4 is 17.7 Å². The summed E-state index contributed by atoms with van der Waals surface area (Å²) in [7, 11) is 0. The molecule has 98 valence electrons. The second kappa shape index (κ2) is 4.80. The van der Waals surface area contributed by atoms with Gasteiger partial charge >= 0.3 is 5.97 Å². The van der Waals surface area contributed by atoms with E-state index in [9.17, 15) is 9.59 Å². The number of anilines is 1. The predicted octanol–water partition coefficient (Wildman–Crippen LogP) is 1.47. The number of aryl methyl sites for hydroxylation is 1. The van der Waals surface area contributed by atoms with Crippen molar-refractivity contribution in [1.82, 2.24) is 10.2 Å². The minimum Gasteiger partial charge on any atom is -0.481 e. The van der Waals surface area contributed by atoms with E-state index in [4.69, 9.17) is 5.11 Å². The number of amides is 1. The predicted molar refractivity (Wildman–Crippen MR) is 65.2 cm³/mol. The molecule has 2 rings (SSSR count). The van der Waals surface area contributed by atoms with Crippen LogP contribution in [-0.2, 0) is 9.59 Å². The van der Waals surface area contributed by atoms with Gasteiger partial charge in [-0.25, -0.2) is 0 Å². The molecule has 6 nitrogen and oxygen atoms in total. The summed E-state index contributed by atoms with van der Waals surface area (Å²) < 4.78 is 0. The maximum absolute atomic E-state index is 12.1. The number of carboxylic acid groups (broad SMARTS) is 1. The van der Waals surface area contributed by atoms with E-state index < -0.39 is 17.8 Å². The highest BCUT2D eigenvalue weighted by Gasteiger charge is 2.38. The van der Waals surface area contributed by atoms with E-state index >= 15 is 0 Å². The third-order valence-electron chi connectivity index (χ3n) is 3.66. The number of nitrogens with zero attached hydrogens (tertiary/aromatic N) is 1. The van der Waals surface area contributed by atoms with Gasteiger partial charge in [-0.2, -0.15) is 5.10 Å². The molecule has 0 spiro atoms.